The molecule has 0 saturated carbocycles. The van der Waals surface area contributed by atoms with E-state index < -0.39 is 6.29 Å². The van der Waals surface area contributed by atoms with Crippen molar-refractivity contribution in [2.75, 3.05) is 23.3 Å². The van der Waals surface area contributed by atoms with Crippen molar-refractivity contribution in [2.24, 2.45) is 15.7 Å². The van der Waals surface area contributed by atoms with Crippen LogP contribution in [-0.4, -0.2) is 36.2 Å². The summed E-state index contributed by atoms with van der Waals surface area (Å²) < 4.78 is 0. The van der Waals surface area contributed by atoms with Crippen LogP contribution in [0.25, 0.3) is 0 Å². The molecule has 1 atom stereocenters. The molecular weight excluding hydrogens is 407 g/mol. The summed E-state index contributed by atoms with van der Waals surface area (Å²) in [7, 11) is 0. The van der Waals surface area contributed by atoms with E-state index in [1.54, 1.807) is 0 Å². The molecule has 2 aromatic rings. The average molecular weight is 433 g/mol. The highest BCUT2D eigenvalue weighted by molar-refractivity contribution is 6.30. The van der Waals surface area contributed by atoms with Gasteiger partial charge in [-0.3, -0.25) is 4.90 Å². The second-order valence-electron chi connectivity index (χ2n) is 7.33. The van der Waals surface area contributed by atoms with E-state index in [4.69, 9.17) is 17.3 Å². The minimum Gasteiger partial charge on any atom is -0.368 e. The zero-order valence-electron chi connectivity index (χ0n) is 16.6. The number of halogens is 2. The molecule has 29 heavy (non-hydrogen) atoms. The molecule has 8 heteroatoms. The van der Waals surface area contributed by atoms with Crippen molar-refractivity contribution in [2.45, 2.75) is 33.0 Å². The average Bonchev–Trinajstić information content (AvgIpc) is 3.17. The highest BCUT2D eigenvalue weighted by Crippen LogP contribution is 2.27. The quantitative estimate of drug-likeness (QED) is 0.755. The number of benzene rings is 2. The van der Waals surface area contributed by atoms with E-state index in [0.717, 1.165) is 43.3 Å². The first-order chi connectivity index (χ1) is 13.5. The van der Waals surface area contributed by atoms with Crippen molar-refractivity contribution in [3.05, 3.63) is 58.6 Å². The van der Waals surface area contributed by atoms with Crippen molar-refractivity contribution in [1.29, 1.82) is 0 Å². The Hall–Kier alpha value is -2.44. The fourth-order valence-electron chi connectivity index (χ4n) is 3.76. The van der Waals surface area contributed by atoms with E-state index in [0.29, 0.717) is 5.02 Å². The molecule has 2 aliphatic heterocycles. The Morgan fingerprint density at radius 2 is 1.66 bits per heavy atom. The molecule has 2 aromatic carbocycles. The van der Waals surface area contributed by atoms with Crippen LogP contribution in [0.2, 0.25) is 5.02 Å². The van der Waals surface area contributed by atoms with Gasteiger partial charge in [0.15, 0.2) is 0 Å². The Bertz CT molecular complexity index is 899. The minimum absolute atomic E-state index is 0. The highest BCUT2D eigenvalue weighted by Gasteiger charge is 2.32. The number of nitrogens with one attached hydrogen (secondary N) is 1. The molecule has 154 valence electrons. The molecule has 0 amide bonds. The maximum absolute atomic E-state index is 6.11. The number of guanidine groups is 2. The summed E-state index contributed by atoms with van der Waals surface area (Å²) in [6.45, 7) is 6.15. The number of anilines is 2. The molecule has 6 nitrogen and oxygen atoms in total. The van der Waals surface area contributed by atoms with Crippen LogP contribution in [0.15, 0.2) is 52.4 Å². The summed E-state index contributed by atoms with van der Waals surface area (Å²) in [5.41, 5.74) is 10.5. The van der Waals surface area contributed by atoms with Gasteiger partial charge in [-0.15, -0.1) is 12.4 Å². The van der Waals surface area contributed by atoms with Crippen LogP contribution in [0.1, 0.15) is 24.0 Å². The molecule has 2 aliphatic rings. The number of nitrogens with zero attached hydrogens (tertiary/aromatic N) is 4. The van der Waals surface area contributed by atoms with Crippen LogP contribution in [-0.2, 0) is 0 Å². The fraction of sp³-hybridized carbons (Fsp3) is 0.333. The number of likely N-dealkylation sites (tertiary alicyclic amines) is 1. The highest BCUT2D eigenvalue weighted by atomic mass is 35.5. The first-order valence-corrected chi connectivity index (χ1v) is 9.94. The Balaban J connectivity index is 0.00000240. The van der Waals surface area contributed by atoms with Gasteiger partial charge in [0.05, 0.1) is 0 Å². The zero-order chi connectivity index (χ0) is 19.7. The van der Waals surface area contributed by atoms with E-state index in [2.05, 4.69) is 57.1 Å². The summed E-state index contributed by atoms with van der Waals surface area (Å²) in [5.74, 6) is 1.13. The number of hydrogen-bond donors (Lipinski definition) is 2. The molecule has 1 fully saturated rings. The van der Waals surface area contributed by atoms with Gasteiger partial charge in [0.25, 0.3) is 0 Å². The van der Waals surface area contributed by atoms with Crippen LogP contribution >= 0.6 is 24.0 Å². The Morgan fingerprint density at radius 3 is 2.28 bits per heavy atom. The first kappa shape index (κ1) is 21.3. The van der Waals surface area contributed by atoms with Crippen molar-refractivity contribution < 1.29 is 0 Å². The van der Waals surface area contributed by atoms with Crippen LogP contribution in [0, 0.1) is 13.8 Å². The van der Waals surface area contributed by atoms with Gasteiger partial charge in [0.2, 0.25) is 18.2 Å². The van der Waals surface area contributed by atoms with Gasteiger partial charge in [0.1, 0.15) is 0 Å². The molecule has 4 rings (SSSR count). The standard InChI is InChI=1S/C21H25ClN6.ClH/c1-14-11-15(2)13-18(12-14)28-20(24-17-7-5-16(22)6-8-17)25-19(23)26-21(28)27-9-3-4-10-27;/h5-8,11-13,20,24H,3-4,9-10H2,1-2H3,(H2,23,25);1H. The van der Waals surface area contributed by atoms with Crippen LogP contribution in [0.4, 0.5) is 11.4 Å². The van der Waals surface area contributed by atoms with Gasteiger partial charge in [0, 0.05) is 29.5 Å². The SMILES string of the molecule is Cc1cc(C)cc(N2C(N3CCCC3)=NC(N)=NC2Nc2ccc(Cl)cc2)c1.Cl. The molecule has 0 aromatic heterocycles. The van der Waals surface area contributed by atoms with Crippen LogP contribution in [0.5, 0.6) is 0 Å². The molecule has 2 heterocycles. The predicted molar refractivity (Wildman–Crippen MR) is 124 cm³/mol. The van der Waals surface area contributed by atoms with Crippen molar-refractivity contribution in [3.8, 4) is 0 Å². The molecule has 1 unspecified atom stereocenters. The summed E-state index contributed by atoms with van der Waals surface area (Å²) >= 11 is 6.03. The van der Waals surface area contributed by atoms with E-state index in [1.165, 1.54) is 11.1 Å². The third-order valence-corrected chi connectivity index (χ3v) is 5.19. The lowest BCUT2D eigenvalue weighted by atomic mass is 10.1. The maximum atomic E-state index is 6.11. The first-order valence-electron chi connectivity index (χ1n) is 9.56. The molecular formula is C21H26Cl2N6. The third-order valence-electron chi connectivity index (χ3n) is 4.94. The zero-order valence-corrected chi connectivity index (χ0v) is 18.2. The Kier molecular flexibility index (Phi) is 6.55. The number of aryl methyl sites for hydroxylation is 2. The lowest BCUT2D eigenvalue weighted by Crippen LogP contribution is -2.54. The van der Waals surface area contributed by atoms with Crippen molar-refractivity contribution in [3.63, 3.8) is 0 Å². The van der Waals surface area contributed by atoms with Gasteiger partial charge in [-0.25, -0.2) is 4.99 Å². The van der Waals surface area contributed by atoms with E-state index in [9.17, 15) is 0 Å². The summed E-state index contributed by atoms with van der Waals surface area (Å²) in [4.78, 5) is 13.6. The Labute approximate surface area is 182 Å². The van der Waals surface area contributed by atoms with Gasteiger partial charge < -0.3 is 16.0 Å². The third kappa shape index (κ3) is 4.77. The van der Waals surface area contributed by atoms with E-state index >= 15 is 0 Å². The van der Waals surface area contributed by atoms with Crippen molar-refractivity contribution >= 4 is 47.3 Å². The van der Waals surface area contributed by atoms with Gasteiger partial charge >= 0.3 is 0 Å². The number of aliphatic imine (C=N–C) groups is 2. The van der Waals surface area contributed by atoms with Gasteiger partial charge in [-0.05, 0) is 74.2 Å². The topological polar surface area (TPSA) is 69.2 Å². The van der Waals surface area contributed by atoms with E-state index in [-0.39, 0.29) is 18.4 Å². The van der Waals surface area contributed by atoms with Gasteiger partial charge in [-0.1, -0.05) is 17.7 Å². The number of rotatable bonds is 3. The van der Waals surface area contributed by atoms with Crippen LogP contribution < -0.4 is 16.0 Å². The second-order valence-corrected chi connectivity index (χ2v) is 7.77. The monoisotopic (exact) mass is 432 g/mol. The molecule has 0 spiro atoms. The number of nitrogens with two attached hydrogens (primary N) is 1. The molecule has 1 saturated heterocycles. The summed E-state index contributed by atoms with van der Waals surface area (Å²) in [5, 5.41) is 4.17. The predicted octanol–water partition coefficient (Wildman–Crippen LogP) is 4.36. The minimum atomic E-state index is -0.393. The lowest BCUT2D eigenvalue weighted by molar-refractivity contribution is 0.497. The normalized spacial score (nSPS) is 18.8. The van der Waals surface area contributed by atoms with E-state index in [1.807, 2.05) is 24.3 Å². The lowest BCUT2D eigenvalue weighted by Gasteiger charge is -2.38. The Morgan fingerprint density at radius 1 is 1.03 bits per heavy atom. The maximum Gasteiger partial charge on any atom is 0.222 e. The summed E-state index contributed by atoms with van der Waals surface area (Å²) in [6.07, 6.45) is 1.92. The smallest absolute Gasteiger partial charge is 0.222 e. The fourth-order valence-corrected chi connectivity index (χ4v) is 3.88. The largest absolute Gasteiger partial charge is 0.368 e. The molecule has 0 radical (unpaired) electrons. The van der Waals surface area contributed by atoms with Gasteiger partial charge in [-0.2, -0.15) is 4.99 Å². The molecule has 0 bridgehead atoms. The molecule has 3 N–H and O–H groups in total. The molecule has 0 aliphatic carbocycles. The number of hydrogen-bond acceptors (Lipinski definition) is 6. The second kappa shape index (κ2) is 8.93. The van der Waals surface area contributed by atoms with Crippen LogP contribution in [0.3, 0.4) is 0 Å². The summed E-state index contributed by atoms with van der Waals surface area (Å²) in [6, 6.07) is 14.1. The van der Waals surface area contributed by atoms with Crippen molar-refractivity contribution in [1.82, 2.24) is 4.90 Å².